The van der Waals surface area contributed by atoms with Gasteiger partial charge in [0, 0.05) is 0 Å². The van der Waals surface area contributed by atoms with Crippen LogP contribution in [0.2, 0.25) is 0 Å². The molecule has 0 amide bonds. The summed E-state index contributed by atoms with van der Waals surface area (Å²) >= 11 is 0. The van der Waals surface area contributed by atoms with Crippen molar-refractivity contribution >= 4 is 8.97 Å². The van der Waals surface area contributed by atoms with Gasteiger partial charge in [-0.25, -0.2) is 5.09 Å². The van der Waals surface area contributed by atoms with Crippen molar-refractivity contribution in [1.82, 2.24) is 5.09 Å². The number of nitrogens with one attached hydrogen (secondary N) is 1. The molecular formula is H6N2O3Si. The molecule has 0 saturated heterocycles. The van der Waals surface area contributed by atoms with Crippen LogP contribution in [0.5, 0.6) is 0 Å². The Balaban J connectivity index is 3.17. The van der Waals surface area contributed by atoms with Crippen molar-refractivity contribution in [2.24, 2.45) is 5.84 Å². The summed E-state index contributed by atoms with van der Waals surface area (Å²) in [6.45, 7) is 0. The first-order valence-electron chi connectivity index (χ1n) is 1.21. The Morgan fingerprint density at radius 2 is 1.50 bits per heavy atom. The normalized spacial score (nSPS) is 12.0. The fourth-order valence-corrected chi connectivity index (χ4v) is 0. The maximum atomic E-state index is 7.84. The smallest absolute Gasteiger partial charge is 0.377 e. The Labute approximate surface area is 35.4 Å². The molecule has 5 nitrogen and oxygen atoms in total. The molecule has 0 aromatic rings. The summed E-state index contributed by atoms with van der Waals surface area (Å²) < 4.78 is 0. The quantitative estimate of drug-likeness (QED) is 0.140. The van der Waals surface area contributed by atoms with Crippen LogP contribution < -0.4 is 10.9 Å². The van der Waals surface area contributed by atoms with E-state index in [9.17, 15) is 0 Å². The van der Waals surface area contributed by atoms with Crippen molar-refractivity contribution < 1.29 is 14.4 Å². The van der Waals surface area contributed by atoms with Gasteiger partial charge in [-0.3, -0.25) is 5.84 Å². The summed E-state index contributed by atoms with van der Waals surface area (Å²) in [5.41, 5.74) is 0. The van der Waals surface area contributed by atoms with Gasteiger partial charge in [0.15, 0.2) is 0 Å². The van der Waals surface area contributed by atoms with Gasteiger partial charge in [-0.2, -0.15) is 0 Å². The molecule has 38 valence electrons. The third-order valence-corrected chi connectivity index (χ3v) is 0.581. The molecular weight excluding hydrogens is 104 g/mol. The topological polar surface area (TPSA) is 98.7 Å². The minimum absolute atomic E-state index is 1.41. The maximum Gasteiger partial charge on any atom is 0.602 e. The highest BCUT2D eigenvalue weighted by atomic mass is 28.4. The fraction of sp³-hybridized carbons (Fsp3) is 0. The van der Waals surface area contributed by atoms with Crippen LogP contribution in [0, 0.1) is 0 Å². The van der Waals surface area contributed by atoms with E-state index in [1.807, 2.05) is 0 Å². The molecule has 0 aromatic carbocycles. The second kappa shape index (κ2) is 1.64. The molecule has 0 fully saturated rings. The molecule has 0 bridgehead atoms. The molecule has 0 spiro atoms. The Morgan fingerprint density at radius 3 is 1.50 bits per heavy atom. The lowest BCUT2D eigenvalue weighted by Gasteiger charge is -2.02. The summed E-state index contributed by atoms with van der Waals surface area (Å²) in [5, 5.41) is 1.41. The summed E-state index contributed by atoms with van der Waals surface area (Å²) in [6.07, 6.45) is 0. The molecule has 0 aliphatic rings. The predicted octanol–water partition coefficient (Wildman–Crippen LogP) is -3.14. The predicted molar refractivity (Wildman–Crippen MR) is 19.7 cm³/mol. The van der Waals surface area contributed by atoms with E-state index in [1.165, 1.54) is 5.09 Å². The van der Waals surface area contributed by atoms with Gasteiger partial charge in [-0.05, 0) is 0 Å². The SMILES string of the molecule is NN[Si](O)(O)O. The Hall–Kier alpha value is 0.0169. The third-order valence-electron chi connectivity index (χ3n) is 0.194. The van der Waals surface area contributed by atoms with Crippen LogP contribution in [-0.4, -0.2) is 23.4 Å². The summed E-state index contributed by atoms with van der Waals surface area (Å²) in [7, 11) is -4.10. The first-order valence-corrected chi connectivity index (χ1v) is 3.05. The van der Waals surface area contributed by atoms with Crippen molar-refractivity contribution in [3.8, 4) is 0 Å². The molecule has 0 aliphatic carbocycles. The van der Waals surface area contributed by atoms with E-state index < -0.39 is 8.97 Å². The molecule has 6 N–H and O–H groups in total. The number of rotatable bonds is 1. The van der Waals surface area contributed by atoms with E-state index in [2.05, 4.69) is 5.84 Å². The van der Waals surface area contributed by atoms with E-state index in [4.69, 9.17) is 14.4 Å². The molecule has 0 radical (unpaired) electrons. The van der Waals surface area contributed by atoms with Crippen molar-refractivity contribution in [2.45, 2.75) is 0 Å². The molecule has 0 heterocycles. The van der Waals surface area contributed by atoms with Gasteiger partial charge < -0.3 is 14.4 Å². The van der Waals surface area contributed by atoms with Crippen molar-refractivity contribution in [1.29, 1.82) is 0 Å². The highest BCUT2D eigenvalue weighted by Gasteiger charge is 2.24. The maximum absolute atomic E-state index is 7.84. The molecule has 0 atom stereocenters. The zero-order chi connectivity index (χ0) is 5.21. The molecule has 6 heavy (non-hydrogen) atoms. The van der Waals surface area contributed by atoms with Crippen molar-refractivity contribution in [2.75, 3.05) is 0 Å². The Kier molecular flexibility index (Phi) is 1.65. The molecule has 0 rings (SSSR count). The summed E-state index contributed by atoms with van der Waals surface area (Å²) in [4.78, 5) is 23.5. The highest BCUT2D eigenvalue weighted by Crippen LogP contribution is 1.66. The minimum Gasteiger partial charge on any atom is -0.377 e. The van der Waals surface area contributed by atoms with E-state index >= 15 is 0 Å². The first kappa shape index (κ1) is 6.02. The zero-order valence-corrected chi connectivity index (χ0v) is 3.92. The van der Waals surface area contributed by atoms with E-state index in [-0.39, 0.29) is 0 Å². The standard InChI is InChI=1S/H6N2O3Si/c1-2-6(3,4)5/h2-5H,1H2. The van der Waals surface area contributed by atoms with Gasteiger partial charge in [0.2, 0.25) is 0 Å². The molecule has 6 heteroatoms. The molecule has 0 aliphatic heterocycles. The van der Waals surface area contributed by atoms with Crippen LogP contribution in [0.4, 0.5) is 0 Å². The van der Waals surface area contributed by atoms with Crippen LogP contribution in [0.25, 0.3) is 0 Å². The van der Waals surface area contributed by atoms with Crippen LogP contribution in [0.1, 0.15) is 0 Å². The minimum atomic E-state index is -4.10. The Bertz CT molecular complexity index is 38.5. The molecule has 0 aromatic heterocycles. The lowest BCUT2D eigenvalue weighted by Crippen LogP contribution is -2.55. The van der Waals surface area contributed by atoms with Crippen LogP contribution in [0.3, 0.4) is 0 Å². The number of hydrogen-bond acceptors (Lipinski definition) is 5. The summed E-state index contributed by atoms with van der Waals surface area (Å²) in [5.74, 6) is 4.37. The van der Waals surface area contributed by atoms with Crippen LogP contribution in [0.15, 0.2) is 0 Å². The molecule has 0 unspecified atom stereocenters. The third kappa shape index (κ3) is 4.02. The van der Waals surface area contributed by atoms with Gasteiger partial charge in [0.25, 0.3) is 0 Å². The second-order valence-electron chi connectivity index (χ2n) is 0.780. The van der Waals surface area contributed by atoms with Crippen LogP contribution >= 0.6 is 0 Å². The average molecular weight is 110 g/mol. The van der Waals surface area contributed by atoms with E-state index in [1.54, 1.807) is 0 Å². The van der Waals surface area contributed by atoms with E-state index in [0.29, 0.717) is 0 Å². The second-order valence-corrected chi connectivity index (χ2v) is 2.34. The average Bonchev–Trinajstić information content (AvgIpc) is 1.35. The van der Waals surface area contributed by atoms with Gasteiger partial charge in [-0.1, -0.05) is 0 Å². The van der Waals surface area contributed by atoms with Crippen molar-refractivity contribution in [3.05, 3.63) is 0 Å². The number of hydrogen-bond donors (Lipinski definition) is 5. The summed E-state index contributed by atoms with van der Waals surface area (Å²) in [6, 6.07) is 0. The van der Waals surface area contributed by atoms with Gasteiger partial charge in [0.1, 0.15) is 0 Å². The fourth-order valence-electron chi connectivity index (χ4n) is 0. The van der Waals surface area contributed by atoms with Gasteiger partial charge in [-0.15, -0.1) is 0 Å². The number of hydrazine groups is 1. The molecule has 0 saturated carbocycles. The van der Waals surface area contributed by atoms with Gasteiger partial charge >= 0.3 is 8.97 Å². The number of nitrogens with two attached hydrogens (primary N) is 1. The van der Waals surface area contributed by atoms with E-state index in [0.717, 1.165) is 0 Å². The lowest BCUT2D eigenvalue weighted by atomic mass is 13.0. The van der Waals surface area contributed by atoms with Gasteiger partial charge in [0.05, 0.1) is 0 Å². The zero-order valence-electron chi connectivity index (χ0n) is 2.92. The van der Waals surface area contributed by atoms with Crippen LogP contribution in [-0.2, 0) is 0 Å². The monoisotopic (exact) mass is 110 g/mol. The largest absolute Gasteiger partial charge is 0.602 e. The van der Waals surface area contributed by atoms with Crippen molar-refractivity contribution in [3.63, 3.8) is 0 Å². The highest BCUT2D eigenvalue weighted by molar-refractivity contribution is 6.52. The Morgan fingerprint density at radius 1 is 1.33 bits per heavy atom. The lowest BCUT2D eigenvalue weighted by molar-refractivity contribution is 0.210. The first-order chi connectivity index (χ1) is 2.56.